The van der Waals surface area contributed by atoms with Crippen molar-refractivity contribution in [3.63, 3.8) is 0 Å². The molecule has 12 aliphatic rings. The van der Waals surface area contributed by atoms with Gasteiger partial charge >= 0.3 is 5.97 Å². The molecule has 3 saturated heterocycles. The number of aliphatic carboxylic acids is 1. The Hall–Kier alpha value is -9.78. The van der Waals surface area contributed by atoms with E-state index in [4.69, 9.17) is 91.6 Å². The number of primary amides is 3. The monoisotopic (exact) mass is 2150 g/mol. The lowest BCUT2D eigenvalue weighted by molar-refractivity contribution is -0.150. The summed E-state index contributed by atoms with van der Waals surface area (Å²) in [5, 5.41) is 53.7. The van der Waals surface area contributed by atoms with Gasteiger partial charge in [-0.15, -0.1) is 12.4 Å². The molecule has 14 atom stereocenters. The number of ketones is 3. The summed E-state index contributed by atoms with van der Waals surface area (Å²) in [6.45, 7) is 22.7. The Morgan fingerprint density at radius 1 is 0.430 bits per heavy atom. The van der Waals surface area contributed by atoms with Gasteiger partial charge in [-0.3, -0.25) is 57.5 Å². The summed E-state index contributed by atoms with van der Waals surface area (Å²) in [5.74, 6) is -4.53. The lowest BCUT2D eigenvalue weighted by Gasteiger charge is -2.36. The summed E-state index contributed by atoms with van der Waals surface area (Å²) in [4.78, 5) is 193. The van der Waals surface area contributed by atoms with Crippen molar-refractivity contribution in [2.45, 2.75) is 379 Å². The number of rotatable bonds is 37. The summed E-state index contributed by atoms with van der Waals surface area (Å²) in [7, 11) is 4.68. The highest BCUT2D eigenvalue weighted by Crippen LogP contribution is 2.49. The van der Waals surface area contributed by atoms with Crippen LogP contribution in [0.3, 0.4) is 0 Å². The van der Waals surface area contributed by atoms with Gasteiger partial charge in [0.25, 0.3) is 5.91 Å². The predicted molar refractivity (Wildman–Crippen MR) is 567 cm³/mol. The summed E-state index contributed by atoms with van der Waals surface area (Å²) in [5.41, 5.74) is 22.5. The Labute approximate surface area is 896 Å². The number of Topliss-reactive ketones (excluding diaryl/α,β-unsaturated/α-hetero) is 3. The molecular formula is C110H159Cl4N13O22. The molecule has 39 heteroatoms. The molecule has 149 heavy (non-hydrogen) atoms. The summed E-state index contributed by atoms with van der Waals surface area (Å²) < 4.78 is 16.8. The normalized spacial score (nSPS) is 24.0. The number of nitrogens with two attached hydrogens (primary N) is 4. The smallest absolute Gasteiger partial charge is 0.326 e. The van der Waals surface area contributed by atoms with E-state index in [1.54, 1.807) is 39.5 Å². The van der Waals surface area contributed by atoms with Crippen LogP contribution in [-0.4, -0.2) is 236 Å². The van der Waals surface area contributed by atoms with Gasteiger partial charge in [0.2, 0.25) is 53.0 Å². The second kappa shape index (κ2) is 50.9. The number of carboxylic acids is 1. The van der Waals surface area contributed by atoms with Crippen LogP contribution in [0.2, 0.25) is 15.1 Å². The molecule has 0 bridgehead atoms. The maximum atomic E-state index is 14.6. The molecule has 6 aliphatic carbocycles. The van der Waals surface area contributed by atoms with Crippen molar-refractivity contribution < 1.29 is 106 Å². The molecule has 0 aromatic heterocycles. The lowest BCUT2D eigenvalue weighted by Crippen LogP contribution is -2.57. The topological polar surface area (TPSA) is 525 Å². The number of methoxy groups -OCH3 is 3. The number of halogens is 4. The Kier molecular flexibility index (Phi) is 40.8. The Bertz CT molecular complexity index is 5480. The number of benzene rings is 3. The van der Waals surface area contributed by atoms with Crippen LogP contribution < -0.4 is 53.1 Å². The molecule has 6 heterocycles. The number of carbonyl (C=O) groups excluding carboxylic acids is 12. The van der Waals surface area contributed by atoms with Crippen LogP contribution in [0.1, 0.15) is 320 Å². The first-order chi connectivity index (χ1) is 69.6. The largest absolute Gasteiger partial charge is 0.496 e. The van der Waals surface area contributed by atoms with Crippen molar-refractivity contribution in [2.75, 3.05) is 41.0 Å². The molecule has 824 valence electrons. The number of amides is 9. The third-order valence-electron chi connectivity index (χ3n) is 31.7. The fourth-order valence-electron chi connectivity index (χ4n) is 22.6. The predicted octanol–water partition coefficient (Wildman–Crippen LogP) is 14.0. The maximum absolute atomic E-state index is 14.6. The van der Waals surface area contributed by atoms with Gasteiger partial charge in [0.1, 0.15) is 53.6 Å². The van der Waals surface area contributed by atoms with E-state index in [0.29, 0.717) is 141 Å². The minimum absolute atomic E-state index is 0. The molecule has 9 fully saturated rings. The number of hydrogen-bond acceptors (Lipinski definition) is 25. The first kappa shape index (κ1) is 119. The number of nitrogens with zero attached hydrogens (tertiary/aromatic N) is 6. The van der Waals surface area contributed by atoms with Crippen molar-refractivity contribution >= 4 is 141 Å². The summed E-state index contributed by atoms with van der Waals surface area (Å²) >= 11 is 19.3. The van der Waals surface area contributed by atoms with Gasteiger partial charge in [0.05, 0.1) is 70.2 Å². The molecule has 3 aromatic rings. The number of likely N-dealkylation sites (tertiary alicyclic amines) is 3. The van der Waals surface area contributed by atoms with Crippen LogP contribution in [0.15, 0.2) is 51.9 Å². The fraction of sp³-hybridized carbons (Fsp3) is 0.691. The molecule has 35 nitrogen and oxygen atoms in total. The van der Waals surface area contributed by atoms with E-state index in [0.717, 1.165) is 119 Å². The molecule has 9 amide bonds. The summed E-state index contributed by atoms with van der Waals surface area (Å²) in [6, 6.07) is 4.64. The quantitative estimate of drug-likeness (QED) is 0.0240. The zero-order valence-electron chi connectivity index (χ0n) is 89.3. The number of carboxylic acid groups (broad SMARTS) is 1. The van der Waals surface area contributed by atoms with Crippen LogP contribution in [-0.2, 0) is 76.8 Å². The van der Waals surface area contributed by atoms with E-state index < -0.39 is 141 Å². The van der Waals surface area contributed by atoms with Gasteiger partial charge in [-0.2, -0.15) is 0 Å². The van der Waals surface area contributed by atoms with Gasteiger partial charge in [0.15, 0.2) is 28.4 Å². The van der Waals surface area contributed by atoms with E-state index in [9.17, 15) is 72.5 Å². The van der Waals surface area contributed by atoms with Crippen LogP contribution in [0.5, 0.6) is 17.2 Å². The molecule has 0 radical (unpaired) electrons. The van der Waals surface area contributed by atoms with Crippen molar-refractivity contribution in [2.24, 2.45) is 102 Å². The number of ether oxygens (including phenoxy) is 3. The zero-order chi connectivity index (χ0) is 108. The standard InChI is InChI=1S/C37H53ClN4O7.C37H51ClN4O7.C29H40ClN3O6.C7H14N2O2.ClH/c2*1-21-13-30(48-5)25(17-26(21)38)27-18-37(49-41-27)19-28(29(43)16-24(14-23-11-12-23)32(45)34(39)46)42(20-37)35(47)33(36(2,3)4)40-31(44)15-22-9-7-6-8-10-22;1-17-11-23(38-5)19(13-20(17)30)21-14-29(39-32-21)15-22(27(36)37)33(16-29)26(35)25(28(2,3)4)31-24(34)12-18-9-7-6-8-10-18;8-5(3-4-1-2-4)6(10)7(9)11;/h13,17,22-24,28,32-33,45H,6-12,14-16,18-20H2,1-5H3,(H2,39,46)(H,40,44);13,17,22-24,28,33H,6-12,14-16,18-20H2,1-5H3,(H2,39,46)(H,40,44);11,13,18,22,25H,6-10,12,14-16H2,1-5H3,(H,31,34)(H,36,37);4-6,10H,1-3,8H2,(H2,9,11);1H/t24-,28+,32?,33-,37-;24-,28+,33-,37-;22-,25+,29+;5-,6?;/m1100./s1. The molecule has 6 saturated carbocycles. The molecule has 14 N–H and O–H groups in total. The van der Waals surface area contributed by atoms with Crippen LogP contribution in [0.25, 0.3) is 0 Å². The number of aliphatic hydroxyl groups is 2. The molecule has 6 aliphatic heterocycles. The number of carbonyl (C=O) groups is 13. The zero-order valence-corrected chi connectivity index (χ0v) is 92.4. The minimum atomic E-state index is -1.47. The number of nitrogens with one attached hydrogen (secondary N) is 3. The van der Waals surface area contributed by atoms with Crippen molar-refractivity contribution in [3.8, 4) is 17.2 Å². The lowest BCUT2D eigenvalue weighted by atomic mass is 9.83. The molecule has 2 unspecified atom stereocenters. The van der Waals surface area contributed by atoms with Crippen LogP contribution in [0.4, 0.5) is 0 Å². The van der Waals surface area contributed by atoms with E-state index in [2.05, 4.69) is 31.4 Å². The Morgan fingerprint density at radius 3 is 1.01 bits per heavy atom. The second-order valence-corrected chi connectivity index (χ2v) is 48.6. The summed E-state index contributed by atoms with van der Waals surface area (Å²) in [6.07, 6.45) is 23.4. The van der Waals surface area contributed by atoms with Crippen molar-refractivity contribution in [1.29, 1.82) is 0 Å². The van der Waals surface area contributed by atoms with Crippen molar-refractivity contribution in [1.82, 2.24) is 30.7 Å². The van der Waals surface area contributed by atoms with E-state index >= 15 is 0 Å². The third-order valence-corrected chi connectivity index (χ3v) is 33.0. The second-order valence-electron chi connectivity index (χ2n) is 47.4. The number of aliphatic hydroxyl groups excluding tert-OH is 2. The van der Waals surface area contributed by atoms with Gasteiger partial charge in [-0.05, 0) is 183 Å². The Morgan fingerprint density at radius 2 is 0.725 bits per heavy atom. The highest BCUT2D eigenvalue weighted by atomic mass is 35.5. The highest BCUT2D eigenvalue weighted by molar-refractivity contribution is 6.37. The maximum Gasteiger partial charge on any atom is 0.326 e. The molecular weight excluding hydrogens is 2000 g/mol. The highest BCUT2D eigenvalue weighted by Gasteiger charge is 2.60. The average Bonchev–Trinajstić information content (AvgIpc) is 1.60. The van der Waals surface area contributed by atoms with Gasteiger partial charge in [-0.1, -0.05) is 209 Å². The van der Waals surface area contributed by atoms with E-state index in [-0.39, 0.29) is 118 Å². The van der Waals surface area contributed by atoms with Gasteiger partial charge < -0.3 is 97.6 Å². The third kappa shape index (κ3) is 31.3. The number of oxime groups is 3. The Balaban J connectivity index is 0.000000202. The SMILES string of the molecule is COc1cc(C)c(Cl)cc1C1=NO[C@]2(C1)C[C@@H](C(=O)C[C@@H](CC1CC1)C(=O)C(N)=O)N(C(=O)[C@@H](NC(=O)CC1CCCCC1)C(C)(C)C)C2.COc1cc(C)c(Cl)cc1C1=NO[C@]2(C1)C[C@@H](C(=O)C[C@@H](CC1CC1)C(O)C(N)=O)N(C(=O)[C@@H](NC(=O)CC1CCCCC1)C(C)(C)C)C2.COc1cc(C)c(Cl)cc1C1=NO[C@]2(C1)C[C@@H](C(=O)O)N(C(=O)[C@@H](NC(=O)CC1CCCCC1)C(C)(C)C)C2.Cl.NC(=O)C(O)[C@@H](N)CC1CC1. The molecule has 3 spiro atoms. The fourth-order valence-corrected chi connectivity index (χ4v) is 23.0. The van der Waals surface area contributed by atoms with E-state index in [1.807, 2.05) is 101 Å². The molecule has 3 aromatic carbocycles. The number of aryl methyl sites for hydroxylation is 3. The average molecular weight is 2160 g/mol. The molecule has 15 rings (SSSR count). The van der Waals surface area contributed by atoms with Crippen molar-refractivity contribution in [3.05, 3.63) is 84.8 Å². The minimum Gasteiger partial charge on any atom is -0.496 e. The van der Waals surface area contributed by atoms with Crippen LogP contribution in [0, 0.1) is 84.4 Å². The first-order valence-electron chi connectivity index (χ1n) is 53.1. The van der Waals surface area contributed by atoms with Gasteiger partial charge in [0, 0.05) is 120 Å². The number of hydrogen-bond donors (Lipinski definition) is 10. The first-order valence-corrected chi connectivity index (χ1v) is 54.2. The van der Waals surface area contributed by atoms with E-state index in [1.165, 1.54) is 46.8 Å². The van der Waals surface area contributed by atoms with Gasteiger partial charge in [-0.25, -0.2) is 4.79 Å². The van der Waals surface area contributed by atoms with Crippen LogP contribution >= 0.6 is 47.2 Å².